The fourth-order valence-corrected chi connectivity index (χ4v) is 4.61. The van der Waals surface area contributed by atoms with Crippen LogP contribution < -0.4 is 5.32 Å². The van der Waals surface area contributed by atoms with E-state index in [0.717, 1.165) is 46.1 Å². The number of fused-ring (bicyclic) bond motifs is 1. The molecular formula is C18H16INO3. The maximum Gasteiger partial charge on any atom is 0.335 e. The van der Waals surface area contributed by atoms with Crippen LogP contribution in [0.1, 0.15) is 37.2 Å². The van der Waals surface area contributed by atoms with Crippen LogP contribution in [0.2, 0.25) is 0 Å². The molecule has 0 spiro atoms. The van der Waals surface area contributed by atoms with Crippen molar-refractivity contribution in [1.82, 2.24) is 0 Å². The number of allylic oxidation sites excluding steroid dienone is 2. The Morgan fingerprint density at radius 1 is 1.26 bits per heavy atom. The normalized spacial score (nSPS) is 25.8. The molecule has 0 fully saturated rings. The minimum atomic E-state index is -0.872. The molecular weight excluding hydrogens is 405 g/mol. The second-order valence-corrected chi connectivity index (χ2v) is 7.57. The van der Waals surface area contributed by atoms with E-state index in [1.54, 1.807) is 0 Å². The molecule has 1 amide bonds. The molecule has 0 radical (unpaired) electrons. The van der Waals surface area contributed by atoms with E-state index in [2.05, 4.69) is 27.9 Å². The minimum absolute atomic E-state index is 0.0210. The number of hydrogen-bond donors (Lipinski definition) is 2. The number of carbonyl (C=O) groups is 2. The van der Waals surface area contributed by atoms with E-state index >= 15 is 0 Å². The molecule has 4 nitrogen and oxygen atoms in total. The molecule has 118 valence electrons. The first-order valence-electron chi connectivity index (χ1n) is 7.84. The van der Waals surface area contributed by atoms with Crippen molar-refractivity contribution >= 4 is 40.2 Å². The van der Waals surface area contributed by atoms with E-state index in [4.69, 9.17) is 0 Å². The van der Waals surface area contributed by atoms with Crippen LogP contribution in [-0.4, -0.2) is 17.0 Å². The van der Waals surface area contributed by atoms with Gasteiger partial charge in [0.25, 0.3) is 0 Å². The molecule has 2 unspecified atom stereocenters. The lowest BCUT2D eigenvalue weighted by atomic mass is 9.79. The first kappa shape index (κ1) is 14.9. The van der Waals surface area contributed by atoms with Gasteiger partial charge < -0.3 is 10.4 Å². The zero-order valence-corrected chi connectivity index (χ0v) is 14.6. The van der Waals surface area contributed by atoms with Gasteiger partial charge in [-0.2, -0.15) is 0 Å². The Kier molecular flexibility index (Phi) is 3.55. The molecule has 0 aromatic heterocycles. The molecule has 0 saturated heterocycles. The number of benzene rings is 1. The molecule has 1 aromatic carbocycles. The van der Waals surface area contributed by atoms with Crippen LogP contribution in [0.3, 0.4) is 0 Å². The third-order valence-electron chi connectivity index (χ3n) is 5.06. The van der Waals surface area contributed by atoms with Crippen LogP contribution in [-0.2, 0) is 9.59 Å². The van der Waals surface area contributed by atoms with E-state index in [-0.39, 0.29) is 17.7 Å². The van der Waals surface area contributed by atoms with Gasteiger partial charge in [-0.05, 0) is 77.6 Å². The number of hydrogen-bond acceptors (Lipinski definition) is 2. The summed E-state index contributed by atoms with van der Waals surface area (Å²) in [5.41, 5.74) is 4.40. The van der Waals surface area contributed by atoms with Gasteiger partial charge in [0.15, 0.2) is 0 Å². The number of nitrogens with one attached hydrogen (secondary N) is 1. The smallest absolute Gasteiger partial charge is 0.335 e. The molecule has 0 bridgehead atoms. The van der Waals surface area contributed by atoms with Crippen LogP contribution in [0.25, 0.3) is 0 Å². The molecule has 23 heavy (non-hydrogen) atoms. The van der Waals surface area contributed by atoms with Crippen LogP contribution in [0.15, 0.2) is 41.0 Å². The average molecular weight is 421 g/mol. The first-order chi connectivity index (χ1) is 11.1. The van der Waals surface area contributed by atoms with Crippen LogP contribution >= 0.6 is 22.6 Å². The molecule has 0 saturated carbocycles. The van der Waals surface area contributed by atoms with Crippen LogP contribution in [0.4, 0.5) is 5.69 Å². The fourth-order valence-electron chi connectivity index (χ4n) is 4.10. The fraction of sp³-hybridized carbons (Fsp3) is 0.333. The standard InChI is InChI=1S/C18H16INO3/c19-9-5-6-15-14(7-9)16(17(21)20-15)12-8-13(18(22)23)11-4-2-1-3-10(11)12/h5-8,12,16H,1-4H2,(H,20,21)(H,22,23). The largest absolute Gasteiger partial charge is 0.478 e. The van der Waals surface area contributed by atoms with Crippen molar-refractivity contribution in [2.75, 3.05) is 5.32 Å². The lowest BCUT2D eigenvalue weighted by Crippen LogP contribution is -2.21. The number of carboxylic acids is 1. The quantitative estimate of drug-likeness (QED) is 0.714. The number of carbonyl (C=O) groups excluding carboxylic acids is 1. The van der Waals surface area contributed by atoms with E-state index in [1.807, 2.05) is 24.3 Å². The molecule has 2 atom stereocenters. The summed E-state index contributed by atoms with van der Waals surface area (Å²) >= 11 is 2.24. The number of amides is 1. The lowest BCUT2D eigenvalue weighted by molar-refractivity contribution is -0.132. The second-order valence-electron chi connectivity index (χ2n) is 6.32. The molecule has 5 heteroatoms. The van der Waals surface area contributed by atoms with E-state index in [1.165, 1.54) is 5.57 Å². The van der Waals surface area contributed by atoms with Gasteiger partial charge in [-0.1, -0.05) is 11.6 Å². The number of aliphatic carboxylic acids is 1. The predicted molar refractivity (Wildman–Crippen MR) is 95.2 cm³/mol. The van der Waals surface area contributed by atoms with E-state index in [0.29, 0.717) is 5.57 Å². The molecule has 3 aliphatic rings. The third-order valence-corrected chi connectivity index (χ3v) is 5.73. The Hall–Kier alpha value is -1.63. The van der Waals surface area contributed by atoms with Gasteiger partial charge in [0.2, 0.25) is 5.91 Å². The van der Waals surface area contributed by atoms with Crippen molar-refractivity contribution in [3.8, 4) is 0 Å². The Labute approximate surface area is 147 Å². The summed E-state index contributed by atoms with van der Waals surface area (Å²) in [4.78, 5) is 24.2. The topological polar surface area (TPSA) is 66.4 Å². The van der Waals surface area contributed by atoms with Crippen LogP contribution in [0.5, 0.6) is 0 Å². The number of halogens is 1. The highest BCUT2D eigenvalue weighted by molar-refractivity contribution is 14.1. The van der Waals surface area contributed by atoms with Gasteiger partial charge in [0.05, 0.1) is 11.5 Å². The number of rotatable bonds is 2. The Morgan fingerprint density at radius 2 is 2.04 bits per heavy atom. The average Bonchev–Trinajstić information content (AvgIpc) is 3.04. The van der Waals surface area contributed by atoms with Crippen molar-refractivity contribution in [2.45, 2.75) is 31.6 Å². The Balaban J connectivity index is 1.82. The number of anilines is 1. The first-order valence-corrected chi connectivity index (χ1v) is 8.92. The van der Waals surface area contributed by atoms with Gasteiger partial charge >= 0.3 is 5.97 Å². The summed E-state index contributed by atoms with van der Waals surface area (Å²) in [5, 5.41) is 12.5. The highest BCUT2D eigenvalue weighted by atomic mass is 127. The van der Waals surface area contributed by atoms with Gasteiger partial charge in [-0.15, -0.1) is 0 Å². The van der Waals surface area contributed by atoms with Gasteiger partial charge in [0, 0.05) is 15.2 Å². The van der Waals surface area contributed by atoms with E-state index < -0.39 is 5.97 Å². The third kappa shape index (κ3) is 2.33. The molecule has 2 N–H and O–H groups in total. The lowest BCUT2D eigenvalue weighted by Gasteiger charge is -2.23. The van der Waals surface area contributed by atoms with Gasteiger partial charge in [0.1, 0.15) is 0 Å². The summed E-state index contributed by atoms with van der Waals surface area (Å²) in [6, 6.07) is 5.94. The zero-order valence-electron chi connectivity index (χ0n) is 12.4. The van der Waals surface area contributed by atoms with Crippen molar-refractivity contribution in [3.05, 3.63) is 50.1 Å². The maximum atomic E-state index is 12.6. The Bertz CT molecular complexity index is 793. The highest BCUT2D eigenvalue weighted by Gasteiger charge is 2.42. The molecule has 1 aliphatic heterocycles. The maximum absolute atomic E-state index is 12.6. The molecule has 1 heterocycles. The van der Waals surface area contributed by atoms with Crippen LogP contribution in [0, 0.1) is 9.49 Å². The summed E-state index contributed by atoms with van der Waals surface area (Å²) in [7, 11) is 0. The monoisotopic (exact) mass is 421 g/mol. The minimum Gasteiger partial charge on any atom is -0.478 e. The summed E-state index contributed by atoms with van der Waals surface area (Å²) < 4.78 is 1.08. The van der Waals surface area contributed by atoms with Crippen molar-refractivity contribution in [3.63, 3.8) is 0 Å². The van der Waals surface area contributed by atoms with E-state index in [9.17, 15) is 14.7 Å². The van der Waals surface area contributed by atoms with Gasteiger partial charge in [-0.3, -0.25) is 4.79 Å². The van der Waals surface area contributed by atoms with Crippen molar-refractivity contribution in [1.29, 1.82) is 0 Å². The summed E-state index contributed by atoms with van der Waals surface area (Å²) in [6.45, 7) is 0. The SMILES string of the molecule is O=C(O)C1=CC(C2C(=O)Nc3ccc(I)cc32)C2=C1CCCC2. The highest BCUT2D eigenvalue weighted by Crippen LogP contribution is 2.49. The summed E-state index contributed by atoms with van der Waals surface area (Å²) in [5.74, 6) is -1.31. The van der Waals surface area contributed by atoms with Crippen molar-refractivity contribution < 1.29 is 14.7 Å². The molecule has 1 aromatic rings. The Morgan fingerprint density at radius 3 is 2.83 bits per heavy atom. The van der Waals surface area contributed by atoms with Gasteiger partial charge in [-0.25, -0.2) is 4.79 Å². The predicted octanol–water partition coefficient (Wildman–Crippen LogP) is 3.84. The van der Waals surface area contributed by atoms with Crippen molar-refractivity contribution in [2.24, 2.45) is 5.92 Å². The molecule has 4 rings (SSSR count). The molecule has 2 aliphatic carbocycles. The number of carboxylic acid groups (broad SMARTS) is 1. The zero-order chi connectivity index (χ0) is 16.1. The second kappa shape index (κ2) is 5.47. The summed E-state index contributed by atoms with van der Waals surface area (Å²) in [6.07, 6.45) is 5.64.